The van der Waals surface area contributed by atoms with Crippen molar-refractivity contribution in [3.63, 3.8) is 0 Å². The number of urea groups is 1. The summed E-state index contributed by atoms with van der Waals surface area (Å²) in [7, 11) is 0. The van der Waals surface area contributed by atoms with Crippen LogP contribution in [0.3, 0.4) is 0 Å². The molecule has 4 amide bonds. The molecule has 0 spiro atoms. The number of ether oxygens (including phenoxy) is 2. The van der Waals surface area contributed by atoms with Crippen molar-refractivity contribution in [3.05, 3.63) is 53.6 Å². The van der Waals surface area contributed by atoms with Crippen LogP contribution in [-0.4, -0.2) is 42.5 Å². The molecule has 0 bridgehead atoms. The van der Waals surface area contributed by atoms with Crippen molar-refractivity contribution in [2.45, 2.75) is 12.5 Å². The van der Waals surface area contributed by atoms with Gasteiger partial charge in [0.05, 0.1) is 5.69 Å². The highest BCUT2D eigenvalue weighted by Crippen LogP contribution is 2.36. The van der Waals surface area contributed by atoms with E-state index in [0.717, 1.165) is 18.2 Å². The summed E-state index contributed by atoms with van der Waals surface area (Å²) in [5, 5.41) is 4.73. The largest absolute Gasteiger partial charge is 0.486 e. The number of amides is 4. The lowest BCUT2D eigenvalue weighted by atomic mass is 9.91. The number of rotatable bonds is 4. The molecule has 1 unspecified atom stereocenters. The van der Waals surface area contributed by atoms with E-state index in [-0.39, 0.29) is 5.69 Å². The average Bonchev–Trinajstić information content (AvgIpc) is 2.94. The quantitative estimate of drug-likeness (QED) is 0.743. The number of carbonyl (C=O) groups is 3. The van der Waals surface area contributed by atoms with Gasteiger partial charge >= 0.3 is 6.03 Å². The molecule has 8 nitrogen and oxygen atoms in total. The molecule has 2 heterocycles. The second-order valence-electron chi connectivity index (χ2n) is 6.98. The zero-order valence-electron chi connectivity index (χ0n) is 15.8. The molecular formula is C20H17F2N3O5. The van der Waals surface area contributed by atoms with Crippen LogP contribution in [-0.2, 0) is 15.1 Å². The molecule has 156 valence electrons. The van der Waals surface area contributed by atoms with Crippen LogP contribution in [0.4, 0.5) is 19.3 Å². The first-order valence-electron chi connectivity index (χ1n) is 9.07. The number of imide groups is 1. The molecule has 0 aliphatic carbocycles. The Balaban J connectivity index is 1.52. The van der Waals surface area contributed by atoms with E-state index in [1.54, 1.807) is 18.2 Å². The average molecular weight is 417 g/mol. The molecule has 4 rings (SSSR count). The summed E-state index contributed by atoms with van der Waals surface area (Å²) in [5.41, 5.74) is -1.37. The maximum atomic E-state index is 13.7. The lowest BCUT2D eigenvalue weighted by molar-refractivity contribution is -0.133. The Hall–Kier alpha value is -3.69. The normalized spacial score (nSPS) is 20.2. The molecule has 2 N–H and O–H groups in total. The fourth-order valence-corrected chi connectivity index (χ4v) is 3.32. The van der Waals surface area contributed by atoms with Crippen LogP contribution in [0.2, 0.25) is 0 Å². The molecule has 0 aromatic heterocycles. The predicted molar refractivity (Wildman–Crippen MR) is 100 cm³/mol. The minimum Gasteiger partial charge on any atom is -0.486 e. The molecule has 1 saturated heterocycles. The number of hydrogen-bond donors (Lipinski definition) is 2. The van der Waals surface area contributed by atoms with Gasteiger partial charge in [-0.05, 0) is 36.8 Å². The molecular weight excluding hydrogens is 400 g/mol. The molecule has 2 aromatic carbocycles. The predicted octanol–water partition coefficient (Wildman–Crippen LogP) is 2.14. The van der Waals surface area contributed by atoms with Gasteiger partial charge in [0.25, 0.3) is 5.91 Å². The van der Waals surface area contributed by atoms with E-state index < -0.39 is 41.6 Å². The summed E-state index contributed by atoms with van der Waals surface area (Å²) in [6.07, 6.45) is 0. The van der Waals surface area contributed by atoms with Crippen molar-refractivity contribution < 1.29 is 32.6 Å². The SMILES string of the molecule is CC1(c2ccc3c(c2)OCCO3)NC(=O)N(CC(=O)Nc2cc(F)ccc2F)C1=O. The van der Waals surface area contributed by atoms with Gasteiger partial charge in [-0.2, -0.15) is 0 Å². The molecule has 1 fully saturated rings. The highest BCUT2D eigenvalue weighted by atomic mass is 19.1. The van der Waals surface area contributed by atoms with E-state index in [9.17, 15) is 23.2 Å². The van der Waals surface area contributed by atoms with Crippen LogP contribution >= 0.6 is 0 Å². The molecule has 30 heavy (non-hydrogen) atoms. The Kier molecular flexibility index (Phi) is 4.76. The summed E-state index contributed by atoms with van der Waals surface area (Å²) in [6.45, 7) is 1.61. The Morgan fingerprint density at radius 3 is 2.63 bits per heavy atom. The van der Waals surface area contributed by atoms with Gasteiger partial charge in [-0.3, -0.25) is 14.5 Å². The smallest absolute Gasteiger partial charge is 0.325 e. The highest BCUT2D eigenvalue weighted by molar-refractivity contribution is 6.10. The first-order valence-corrected chi connectivity index (χ1v) is 9.07. The summed E-state index contributed by atoms with van der Waals surface area (Å²) >= 11 is 0. The molecule has 2 aliphatic heterocycles. The monoisotopic (exact) mass is 417 g/mol. The molecule has 10 heteroatoms. The van der Waals surface area contributed by atoms with Gasteiger partial charge in [0, 0.05) is 6.07 Å². The lowest BCUT2D eigenvalue weighted by Crippen LogP contribution is -2.42. The van der Waals surface area contributed by atoms with Gasteiger partial charge in [0.2, 0.25) is 5.91 Å². The second-order valence-corrected chi connectivity index (χ2v) is 6.98. The Morgan fingerprint density at radius 2 is 1.87 bits per heavy atom. The van der Waals surface area contributed by atoms with Crippen molar-refractivity contribution >= 4 is 23.5 Å². The molecule has 0 saturated carbocycles. The van der Waals surface area contributed by atoms with Crippen molar-refractivity contribution in [1.82, 2.24) is 10.2 Å². The Bertz CT molecular complexity index is 1060. The van der Waals surface area contributed by atoms with Crippen LogP contribution in [0, 0.1) is 11.6 Å². The maximum absolute atomic E-state index is 13.7. The maximum Gasteiger partial charge on any atom is 0.325 e. The van der Waals surface area contributed by atoms with Gasteiger partial charge in [-0.25, -0.2) is 13.6 Å². The van der Waals surface area contributed by atoms with Crippen molar-refractivity contribution in [3.8, 4) is 11.5 Å². The number of nitrogens with zero attached hydrogens (tertiary/aromatic N) is 1. The third-order valence-corrected chi connectivity index (χ3v) is 4.90. The van der Waals surface area contributed by atoms with E-state index in [4.69, 9.17) is 9.47 Å². The van der Waals surface area contributed by atoms with Gasteiger partial charge in [0.1, 0.15) is 36.9 Å². The van der Waals surface area contributed by atoms with Crippen molar-refractivity contribution in [2.24, 2.45) is 0 Å². The number of benzene rings is 2. The van der Waals surface area contributed by atoms with Crippen LogP contribution in [0.1, 0.15) is 12.5 Å². The lowest BCUT2D eigenvalue weighted by Gasteiger charge is -2.25. The summed E-state index contributed by atoms with van der Waals surface area (Å²) < 4.78 is 38.0. The van der Waals surface area contributed by atoms with E-state index in [1.807, 2.05) is 0 Å². The fraction of sp³-hybridized carbons (Fsp3) is 0.250. The highest BCUT2D eigenvalue weighted by Gasteiger charge is 2.49. The number of nitrogens with one attached hydrogen (secondary N) is 2. The Labute approximate surface area is 169 Å². The zero-order valence-corrected chi connectivity index (χ0v) is 15.8. The van der Waals surface area contributed by atoms with Crippen LogP contribution < -0.4 is 20.1 Å². The molecule has 0 radical (unpaired) electrons. The minimum absolute atomic E-state index is 0.358. The van der Waals surface area contributed by atoms with Gasteiger partial charge in [0.15, 0.2) is 11.5 Å². The first-order chi connectivity index (χ1) is 14.3. The topological polar surface area (TPSA) is 97.0 Å². The Morgan fingerprint density at radius 1 is 1.13 bits per heavy atom. The minimum atomic E-state index is -1.43. The molecule has 2 aromatic rings. The third kappa shape index (κ3) is 3.40. The van der Waals surface area contributed by atoms with E-state index in [0.29, 0.717) is 35.2 Å². The second kappa shape index (κ2) is 7.29. The van der Waals surface area contributed by atoms with Gasteiger partial charge in [-0.1, -0.05) is 6.07 Å². The number of carbonyl (C=O) groups excluding carboxylic acids is 3. The number of anilines is 1. The van der Waals surface area contributed by atoms with Crippen molar-refractivity contribution in [1.29, 1.82) is 0 Å². The third-order valence-electron chi connectivity index (χ3n) is 4.90. The molecule has 1 atom stereocenters. The summed E-state index contributed by atoms with van der Waals surface area (Å²) in [5.74, 6) is -2.14. The molecule has 2 aliphatic rings. The number of fused-ring (bicyclic) bond motifs is 1. The van der Waals surface area contributed by atoms with Gasteiger partial charge < -0.3 is 20.1 Å². The fourth-order valence-electron chi connectivity index (χ4n) is 3.32. The van der Waals surface area contributed by atoms with Crippen molar-refractivity contribution in [2.75, 3.05) is 25.1 Å². The summed E-state index contributed by atoms with van der Waals surface area (Å²) in [6, 6.07) is 6.64. The first kappa shape index (κ1) is 19.6. The number of hydrogen-bond acceptors (Lipinski definition) is 5. The van der Waals surface area contributed by atoms with Crippen LogP contribution in [0.15, 0.2) is 36.4 Å². The van der Waals surface area contributed by atoms with E-state index in [1.165, 1.54) is 6.92 Å². The summed E-state index contributed by atoms with van der Waals surface area (Å²) in [4.78, 5) is 38.3. The van der Waals surface area contributed by atoms with E-state index in [2.05, 4.69) is 10.6 Å². The van der Waals surface area contributed by atoms with Crippen LogP contribution in [0.5, 0.6) is 11.5 Å². The van der Waals surface area contributed by atoms with E-state index >= 15 is 0 Å². The van der Waals surface area contributed by atoms with Gasteiger partial charge in [-0.15, -0.1) is 0 Å². The number of halogens is 2. The van der Waals surface area contributed by atoms with Crippen LogP contribution in [0.25, 0.3) is 0 Å². The standard InChI is InChI=1S/C20H17F2N3O5/c1-20(11-2-5-15-16(8-11)30-7-6-29-15)18(27)25(19(28)24-20)10-17(26)23-14-9-12(21)3-4-13(14)22/h2-5,8-9H,6-7,10H2,1H3,(H,23,26)(H,24,28). The zero-order chi connectivity index (χ0) is 21.5.